The third-order valence-corrected chi connectivity index (χ3v) is 1.64. The Morgan fingerprint density at radius 2 is 2.15 bits per heavy atom. The molecule has 0 aliphatic carbocycles. The topological polar surface area (TPSA) is 52.3 Å². The molecule has 0 heterocycles. The van der Waals surface area contributed by atoms with Crippen LogP contribution in [0.25, 0.3) is 6.08 Å². The molecule has 0 bridgehead atoms. The molecule has 0 unspecified atom stereocenters. The lowest BCUT2D eigenvalue weighted by molar-refractivity contribution is 0.0600. The summed E-state index contributed by atoms with van der Waals surface area (Å²) in [6.07, 6.45) is 3.05. The van der Waals surface area contributed by atoms with Gasteiger partial charge >= 0.3 is 5.97 Å². The van der Waals surface area contributed by atoms with Crippen LogP contribution in [-0.4, -0.2) is 13.1 Å². The lowest BCUT2D eigenvalue weighted by Gasteiger charge is -2.02. The van der Waals surface area contributed by atoms with Gasteiger partial charge in [-0.25, -0.2) is 4.79 Å². The summed E-state index contributed by atoms with van der Waals surface area (Å²) in [4.78, 5) is 11.2. The van der Waals surface area contributed by atoms with Crippen molar-refractivity contribution in [3.8, 4) is 0 Å². The normalized spacial score (nSPS) is 10.2. The Kier molecular flexibility index (Phi) is 3.09. The van der Waals surface area contributed by atoms with Crippen LogP contribution < -0.4 is 5.73 Å². The third kappa shape index (κ3) is 2.08. The molecule has 0 saturated heterocycles. The Hall–Kier alpha value is -1.77. The minimum Gasteiger partial charge on any atom is -0.465 e. The largest absolute Gasteiger partial charge is 0.465 e. The van der Waals surface area contributed by atoms with Gasteiger partial charge in [0.05, 0.1) is 12.7 Å². The number of carbonyl (C=O) groups is 1. The average molecular weight is 177 g/mol. The number of hydrogen-bond acceptors (Lipinski definition) is 3. The van der Waals surface area contributed by atoms with E-state index in [4.69, 9.17) is 5.73 Å². The molecule has 3 nitrogen and oxygen atoms in total. The van der Waals surface area contributed by atoms with Gasteiger partial charge in [-0.15, -0.1) is 0 Å². The van der Waals surface area contributed by atoms with Crippen molar-refractivity contribution in [2.75, 3.05) is 7.11 Å². The number of ether oxygens (including phenoxy) is 1. The van der Waals surface area contributed by atoms with Crippen molar-refractivity contribution >= 4 is 12.0 Å². The van der Waals surface area contributed by atoms with Crippen LogP contribution in [0.5, 0.6) is 0 Å². The van der Waals surface area contributed by atoms with Crippen molar-refractivity contribution in [1.82, 2.24) is 0 Å². The van der Waals surface area contributed by atoms with E-state index in [1.54, 1.807) is 24.3 Å². The number of rotatable bonds is 2. The summed E-state index contributed by atoms with van der Waals surface area (Å²) in [5.74, 6) is -0.353. The Bertz CT molecular complexity index is 331. The number of benzene rings is 1. The van der Waals surface area contributed by atoms with Gasteiger partial charge in [-0.2, -0.15) is 0 Å². The summed E-state index contributed by atoms with van der Waals surface area (Å²) in [5.41, 5.74) is 6.52. The predicted molar refractivity (Wildman–Crippen MR) is 51.0 cm³/mol. The molecule has 0 radical (unpaired) electrons. The van der Waals surface area contributed by atoms with Gasteiger partial charge in [-0.1, -0.05) is 18.2 Å². The zero-order valence-electron chi connectivity index (χ0n) is 7.36. The van der Waals surface area contributed by atoms with Crippen LogP contribution in [-0.2, 0) is 4.74 Å². The Balaban J connectivity index is 3.11. The number of methoxy groups -OCH3 is 1. The van der Waals surface area contributed by atoms with Gasteiger partial charge in [0.2, 0.25) is 0 Å². The quantitative estimate of drug-likeness (QED) is 0.695. The Labute approximate surface area is 76.8 Å². The van der Waals surface area contributed by atoms with Crippen LogP contribution in [0.4, 0.5) is 0 Å². The summed E-state index contributed by atoms with van der Waals surface area (Å²) in [5, 5.41) is 0. The molecule has 0 aliphatic rings. The smallest absolute Gasteiger partial charge is 0.338 e. The fraction of sp³-hybridized carbons (Fsp3) is 0.100. The van der Waals surface area contributed by atoms with E-state index in [0.29, 0.717) is 5.56 Å². The molecule has 1 aromatic rings. The highest BCUT2D eigenvalue weighted by molar-refractivity contribution is 5.93. The highest BCUT2D eigenvalue weighted by Gasteiger charge is 2.07. The molecule has 2 N–H and O–H groups in total. The van der Waals surface area contributed by atoms with Crippen molar-refractivity contribution < 1.29 is 9.53 Å². The molecule has 0 saturated carbocycles. The molecule has 0 aliphatic heterocycles. The summed E-state index contributed by atoms with van der Waals surface area (Å²) in [6.45, 7) is 0. The van der Waals surface area contributed by atoms with Crippen molar-refractivity contribution in [2.45, 2.75) is 0 Å². The van der Waals surface area contributed by atoms with Crippen molar-refractivity contribution in [1.29, 1.82) is 0 Å². The van der Waals surface area contributed by atoms with E-state index in [1.807, 2.05) is 6.07 Å². The van der Waals surface area contributed by atoms with Crippen LogP contribution in [0.2, 0.25) is 0 Å². The Morgan fingerprint density at radius 3 is 2.77 bits per heavy atom. The number of esters is 1. The van der Waals surface area contributed by atoms with Gasteiger partial charge in [0.25, 0.3) is 0 Å². The van der Waals surface area contributed by atoms with E-state index in [9.17, 15) is 4.79 Å². The van der Waals surface area contributed by atoms with Crippen LogP contribution in [0.1, 0.15) is 15.9 Å². The average Bonchev–Trinajstić information content (AvgIpc) is 2.18. The molecular formula is C10H11NO2. The number of nitrogens with two attached hydrogens (primary N) is 1. The maximum atomic E-state index is 11.2. The highest BCUT2D eigenvalue weighted by Crippen LogP contribution is 2.10. The molecule has 0 amide bonds. The molecule has 0 spiro atoms. The molecule has 13 heavy (non-hydrogen) atoms. The van der Waals surface area contributed by atoms with E-state index < -0.39 is 0 Å². The molecular weight excluding hydrogens is 166 g/mol. The monoisotopic (exact) mass is 177 g/mol. The lowest BCUT2D eigenvalue weighted by Crippen LogP contribution is -2.03. The minimum absolute atomic E-state index is 0.353. The van der Waals surface area contributed by atoms with Gasteiger partial charge in [0.1, 0.15) is 0 Å². The van der Waals surface area contributed by atoms with Gasteiger partial charge < -0.3 is 10.5 Å². The summed E-state index contributed by atoms with van der Waals surface area (Å²) < 4.78 is 4.61. The van der Waals surface area contributed by atoms with E-state index in [2.05, 4.69) is 4.74 Å². The van der Waals surface area contributed by atoms with E-state index >= 15 is 0 Å². The standard InChI is InChI=1S/C10H11NO2/c1-13-10(12)9-5-3-2-4-8(9)6-7-11/h2-7H,11H2,1H3/b7-6-. The molecule has 1 rings (SSSR count). The number of carbonyl (C=O) groups excluding carboxylic acids is 1. The van der Waals surface area contributed by atoms with Gasteiger partial charge in [-0.05, 0) is 23.9 Å². The van der Waals surface area contributed by atoms with E-state index in [-0.39, 0.29) is 5.97 Å². The lowest BCUT2D eigenvalue weighted by atomic mass is 10.1. The van der Waals surface area contributed by atoms with Crippen LogP contribution in [0.3, 0.4) is 0 Å². The fourth-order valence-electron chi connectivity index (χ4n) is 1.04. The summed E-state index contributed by atoms with van der Waals surface area (Å²) in [6, 6.07) is 7.11. The minimum atomic E-state index is -0.353. The molecule has 0 fully saturated rings. The number of hydrogen-bond donors (Lipinski definition) is 1. The molecule has 0 aromatic heterocycles. The zero-order valence-corrected chi connectivity index (χ0v) is 7.36. The first-order valence-corrected chi connectivity index (χ1v) is 3.85. The summed E-state index contributed by atoms with van der Waals surface area (Å²) in [7, 11) is 1.35. The molecule has 1 aromatic carbocycles. The van der Waals surface area contributed by atoms with Crippen LogP contribution >= 0.6 is 0 Å². The maximum Gasteiger partial charge on any atom is 0.338 e. The SMILES string of the molecule is COC(=O)c1ccccc1/C=C\N. The zero-order chi connectivity index (χ0) is 9.68. The van der Waals surface area contributed by atoms with Crippen LogP contribution in [0, 0.1) is 0 Å². The molecule has 3 heteroatoms. The fourth-order valence-corrected chi connectivity index (χ4v) is 1.04. The second kappa shape index (κ2) is 4.30. The van der Waals surface area contributed by atoms with Gasteiger partial charge in [0, 0.05) is 0 Å². The van der Waals surface area contributed by atoms with E-state index in [1.165, 1.54) is 13.3 Å². The molecule has 68 valence electrons. The van der Waals surface area contributed by atoms with Crippen molar-refractivity contribution in [2.24, 2.45) is 5.73 Å². The Morgan fingerprint density at radius 1 is 1.46 bits per heavy atom. The van der Waals surface area contributed by atoms with Crippen molar-refractivity contribution in [3.05, 3.63) is 41.6 Å². The maximum absolute atomic E-state index is 11.2. The van der Waals surface area contributed by atoms with E-state index in [0.717, 1.165) is 5.56 Å². The first-order valence-electron chi connectivity index (χ1n) is 3.85. The first-order chi connectivity index (χ1) is 6.29. The third-order valence-electron chi connectivity index (χ3n) is 1.64. The second-order valence-electron chi connectivity index (χ2n) is 2.44. The predicted octanol–water partition coefficient (Wildman–Crippen LogP) is 1.40. The van der Waals surface area contributed by atoms with Gasteiger partial charge in [0.15, 0.2) is 0 Å². The summed E-state index contributed by atoms with van der Waals surface area (Å²) >= 11 is 0. The molecule has 0 atom stereocenters. The van der Waals surface area contributed by atoms with Gasteiger partial charge in [-0.3, -0.25) is 0 Å². The first kappa shape index (κ1) is 9.32. The van der Waals surface area contributed by atoms with Crippen molar-refractivity contribution in [3.63, 3.8) is 0 Å². The highest BCUT2D eigenvalue weighted by atomic mass is 16.5. The second-order valence-corrected chi connectivity index (χ2v) is 2.44. The van der Waals surface area contributed by atoms with Crippen LogP contribution in [0.15, 0.2) is 30.5 Å².